The number of morpholine rings is 1. The lowest BCUT2D eigenvalue weighted by Crippen LogP contribution is -2.36. The molecule has 130 valence electrons. The van der Waals surface area contributed by atoms with E-state index in [0.717, 1.165) is 60.0 Å². The Morgan fingerprint density at radius 1 is 1.12 bits per heavy atom. The van der Waals surface area contributed by atoms with Crippen molar-refractivity contribution in [1.29, 1.82) is 0 Å². The van der Waals surface area contributed by atoms with Crippen molar-refractivity contribution in [2.45, 2.75) is 20.8 Å². The number of ketones is 1. The Balaban J connectivity index is 1.74. The van der Waals surface area contributed by atoms with E-state index in [1.807, 2.05) is 13.8 Å². The van der Waals surface area contributed by atoms with Crippen molar-refractivity contribution in [3.63, 3.8) is 0 Å². The molecular formula is C20H23N3O2. The van der Waals surface area contributed by atoms with Crippen molar-refractivity contribution < 1.29 is 9.53 Å². The summed E-state index contributed by atoms with van der Waals surface area (Å²) in [6.45, 7) is 9.00. The third kappa shape index (κ3) is 2.74. The lowest BCUT2D eigenvalue weighted by Gasteiger charge is -2.28. The Labute approximate surface area is 147 Å². The molecule has 0 unspecified atom stereocenters. The number of ether oxygens (including phenoxy) is 1. The number of hydrogen-bond acceptors (Lipinski definition) is 3. The van der Waals surface area contributed by atoms with Gasteiger partial charge in [-0.3, -0.25) is 4.79 Å². The molecule has 1 aliphatic heterocycles. The number of rotatable bonds is 3. The van der Waals surface area contributed by atoms with E-state index in [2.05, 4.69) is 39.1 Å². The molecule has 0 atom stereocenters. The number of H-pyrrole nitrogens is 2. The number of carbonyl (C=O) groups is 1. The van der Waals surface area contributed by atoms with Gasteiger partial charge in [0.2, 0.25) is 0 Å². The van der Waals surface area contributed by atoms with Crippen molar-refractivity contribution in [1.82, 2.24) is 9.97 Å². The Hall–Kier alpha value is -2.53. The van der Waals surface area contributed by atoms with Gasteiger partial charge in [-0.15, -0.1) is 0 Å². The van der Waals surface area contributed by atoms with E-state index in [1.165, 1.54) is 11.1 Å². The van der Waals surface area contributed by atoms with Gasteiger partial charge in [0, 0.05) is 40.9 Å². The number of nitrogens with zero attached hydrogens (tertiary/aromatic N) is 1. The predicted molar refractivity (Wildman–Crippen MR) is 101 cm³/mol. The molecule has 5 nitrogen and oxygen atoms in total. The standard InChI is InChI=1S/C20H23N3O2/c1-12-19(14(3)24)13(2)21-20(12)18-11-15-10-16(4-5-17(15)22-18)23-6-8-25-9-7-23/h4-5,10-11,21-22H,6-9H2,1-3H3. The summed E-state index contributed by atoms with van der Waals surface area (Å²) in [5, 5.41) is 1.18. The van der Waals surface area contributed by atoms with Crippen LogP contribution in [0.15, 0.2) is 24.3 Å². The van der Waals surface area contributed by atoms with E-state index < -0.39 is 0 Å². The second kappa shape index (κ2) is 6.08. The highest BCUT2D eigenvalue weighted by molar-refractivity contribution is 5.99. The summed E-state index contributed by atoms with van der Waals surface area (Å²) in [4.78, 5) is 21.1. The van der Waals surface area contributed by atoms with Crippen molar-refractivity contribution in [3.05, 3.63) is 41.1 Å². The molecule has 1 aromatic carbocycles. The fraction of sp³-hybridized carbons (Fsp3) is 0.350. The molecule has 1 fully saturated rings. The summed E-state index contributed by atoms with van der Waals surface area (Å²) in [5.74, 6) is 0.100. The molecule has 5 heteroatoms. The van der Waals surface area contributed by atoms with Crippen LogP contribution < -0.4 is 4.90 Å². The van der Waals surface area contributed by atoms with Gasteiger partial charge < -0.3 is 19.6 Å². The minimum absolute atomic E-state index is 0.100. The highest BCUT2D eigenvalue weighted by atomic mass is 16.5. The van der Waals surface area contributed by atoms with Gasteiger partial charge in [-0.1, -0.05) is 0 Å². The fourth-order valence-corrected chi connectivity index (χ4v) is 3.82. The van der Waals surface area contributed by atoms with E-state index in [-0.39, 0.29) is 5.78 Å². The first-order valence-corrected chi connectivity index (χ1v) is 8.70. The first-order chi connectivity index (χ1) is 12.0. The monoisotopic (exact) mass is 337 g/mol. The molecule has 0 bridgehead atoms. The molecule has 0 spiro atoms. The zero-order chi connectivity index (χ0) is 17.6. The molecule has 0 amide bonds. The zero-order valence-corrected chi connectivity index (χ0v) is 14.9. The first-order valence-electron chi connectivity index (χ1n) is 8.70. The third-order valence-corrected chi connectivity index (χ3v) is 5.04. The lowest BCUT2D eigenvalue weighted by molar-refractivity contribution is 0.101. The Bertz CT molecular complexity index is 945. The predicted octanol–water partition coefficient (Wildman–Crippen LogP) is 3.82. The highest BCUT2D eigenvalue weighted by Gasteiger charge is 2.18. The maximum absolute atomic E-state index is 11.9. The molecule has 0 saturated carbocycles. The lowest BCUT2D eigenvalue weighted by atomic mass is 10.1. The van der Waals surface area contributed by atoms with Gasteiger partial charge >= 0.3 is 0 Å². The van der Waals surface area contributed by atoms with Crippen LogP contribution in [0.5, 0.6) is 0 Å². The normalized spacial score (nSPS) is 15.1. The van der Waals surface area contributed by atoms with E-state index in [1.54, 1.807) is 6.92 Å². The third-order valence-electron chi connectivity index (χ3n) is 5.04. The van der Waals surface area contributed by atoms with Crippen molar-refractivity contribution in [2.24, 2.45) is 0 Å². The van der Waals surface area contributed by atoms with Crippen molar-refractivity contribution in [3.8, 4) is 11.4 Å². The topological polar surface area (TPSA) is 61.1 Å². The second-order valence-electron chi connectivity index (χ2n) is 6.74. The van der Waals surface area contributed by atoms with E-state index >= 15 is 0 Å². The SMILES string of the molecule is CC(=O)c1c(C)[nH]c(-c2cc3cc(N4CCOCC4)ccc3[nH]2)c1C. The van der Waals surface area contributed by atoms with E-state index in [4.69, 9.17) is 4.74 Å². The zero-order valence-electron chi connectivity index (χ0n) is 14.9. The summed E-state index contributed by atoms with van der Waals surface area (Å²) in [7, 11) is 0. The van der Waals surface area contributed by atoms with Crippen LogP contribution in [0.2, 0.25) is 0 Å². The van der Waals surface area contributed by atoms with Gasteiger partial charge in [0.05, 0.1) is 24.6 Å². The van der Waals surface area contributed by atoms with Gasteiger partial charge in [0.15, 0.2) is 5.78 Å². The second-order valence-corrected chi connectivity index (χ2v) is 6.74. The average molecular weight is 337 g/mol. The van der Waals surface area contributed by atoms with Gasteiger partial charge in [-0.2, -0.15) is 0 Å². The van der Waals surface area contributed by atoms with Crippen LogP contribution in [0.25, 0.3) is 22.3 Å². The minimum atomic E-state index is 0.100. The van der Waals surface area contributed by atoms with Crippen LogP contribution >= 0.6 is 0 Å². The van der Waals surface area contributed by atoms with Crippen LogP contribution in [0, 0.1) is 13.8 Å². The van der Waals surface area contributed by atoms with Crippen LogP contribution in [0.1, 0.15) is 28.5 Å². The van der Waals surface area contributed by atoms with Gasteiger partial charge in [-0.25, -0.2) is 0 Å². The van der Waals surface area contributed by atoms with Gasteiger partial charge in [0.25, 0.3) is 0 Å². The number of Topliss-reactive ketones (excluding diaryl/α,β-unsaturated/α-hetero) is 1. The molecule has 4 rings (SSSR count). The van der Waals surface area contributed by atoms with Crippen LogP contribution in [0.4, 0.5) is 5.69 Å². The molecule has 1 aliphatic rings. The molecule has 1 saturated heterocycles. The molecule has 2 aromatic heterocycles. The maximum Gasteiger partial charge on any atom is 0.161 e. The van der Waals surface area contributed by atoms with Crippen molar-refractivity contribution >= 4 is 22.4 Å². The molecule has 0 radical (unpaired) electrons. The Morgan fingerprint density at radius 2 is 1.88 bits per heavy atom. The smallest absolute Gasteiger partial charge is 0.161 e. The number of aromatic amines is 2. The molecule has 3 heterocycles. The average Bonchev–Trinajstić information content (AvgIpc) is 3.15. The summed E-state index contributed by atoms with van der Waals surface area (Å²) in [5.41, 5.74) is 7.06. The number of anilines is 1. The fourth-order valence-electron chi connectivity index (χ4n) is 3.82. The van der Waals surface area contributed by atoms with Crippen molar-refractivity contribution in [2.75, 3.05) is 31.2 Å². The molecular weight excluding hydrogens is 314 g/mol. The van der Waals surface area contributed by atoms with Gasteiger partial charge in [-0.05, 0) is 50.6 Å². The number of hydrogen-bond donors (Lipinski definition) is 2. The largest absolute Gasteiger partial charge is 0.378 e. The summed E-state index contributed by atoms with van der Waals surface area (Å²) in [6.07, 6.45) is 0. The number of aromatic nitrogens is 2. The maximum atomic E-state index is 11.9. The number of carbonyl (C=O) groups excluding carboxylic acids is 1. The van der Waals surface area contributed by atoms with E-state index in [0.29, 0.717) is 0 Å². The highest BCUT2D eigenvalue weighted by Crippen LogP contribution is 2.31. The van der Waals surface area contributed by atoms with E-state index in [9.17, 15) is 4.79 Å². The van der Waals surface area contributed by atoms with Crippen LogP contribution in [-0.2, 0) is 4.74 Å². The molecule has 25 heavy (non-hydrogen) atoms. The molecule has 2 N–H and O–H groups in total. The first kappa shape index (κ1) is 16.0. The number of aryl methyl sites for hydroxylation is 1. The molecule has 3 aromatic rings. The Kier molecular flexibility index (Phi) is 3.88. The molecule has 0 aliphatic carbocycles. The quantitative estimate of drug-likeness (QED) is 0.714. The Morgan fingerprint density at radius 3 is 2.56 bits per heavy atom. The van der Waals surface area contributed by atoms with Crippen LogP contribution in [0.3, 0.4) is 0 Å². The number of nitrogens with one attached hydrogen (secondary N) is 2. The number of benzene rings is 1. The van der Waals surface area contributed by atoms with Gasteiger partial charge in [0.1, 0.15) is 0 Å². The minimum Gasteiger partial charge on any atom is -0.378 e. The summed E-state index contributed by atoms with van der Waals surface area (Å²) in [6, 6.07) is 8.65. The van der Waals surface area contributed by atoms with Crippen LogP contribution in [-0.4, -0.2) is 42.1 Å². The summed E-state index contributed by atoms with van der Waals surface area (Å²) < 4.78 is 5.44. The summed E-state index contributed by atoms with van der Waals surface area (Å²) >= 11 is 0. The number of fused-ring (bicyclic) bond motifs is 1.